The summed E-state index contributed by atoms with van der Waals surface area (Å²) < 4.78 is 0. The van der Waals surface area contributed by atoms with Crippen molar-refractivity contribution < 1.29 is 14.4 Å². The molecular formula is C14H16N2O3S. The van der Waals surface area contributed by atoms with E-state index < -0.39 is 11.9 Å². The third-order valence-electron chi connectivity index (χ3n) is 2.97. The van der Waals surface area contributed by atoms with E-state index in [0.29, 0.717) is 6.42 Å². The lowest BCUT2D eigenvalue weighted by Gasteiger charge is -2.21. The number of benzene rings is 1. The standard InChI is InChI=1S/C14H16N2O3S/c1-9-2-4-10(5-3-9)20-8-13(18)15-11-6-7-12(17)16-14(11)19/h2-5,11H,6-8H2,1H3,(H,15,18)(H,16,17,19). The Balaban J connectivity index is 1.79. The van der Waals surface area contributed by atoms with Gasteiger partial charge < -0.3 is 5.32 Å². The van der Waals surface area contributed by atoms with Crippen LogP contribution in [0.1, 0.15) is 18.4 Å². The molecule has 1 aromatic rings. The van der Waals surface area contributed by atoms with Crippen molar-refractivity contribution in [3.05, 3.63) is 29.8 Å². The molecule has 2 N–H and O–H groups in total. The number of amides is 3. The van der Waals surface area contributed by atoms with Gasteiger partial charge in [-0.3, -0.25) is 19.7 Å². The Morgan fingerprint density at radius 3 is 2.70 bits per heavy atom. The molecule has 1 aliphatic rings. The van der Waals surface area contributed by atoms with Crippen molar-refractivity contribution in [2.75, 3.05) is 5.75 Å². The van der Waals surface area contributed by atoms with Gasteiger partial charge in [0.05, 0.1) is 5.75 Å². The molecule has 0 radical (unpaired) electrons. The van der Waals surface area contributed by atoms with Crippen LogP contribution in [0, 0.1) is 6.92 Å². The van der Waals surface area contributed by atoms with Crippen molar-refractivity contribution in [1.82, 2.24) is 10.6 Å². The van der Waals surface area contributed by atoms with E-state index in [1.807, 2.05) is 31.2 Å². The van der Waals surface area contributed by atoms with Gasteiger partial charge in [0, 0.05) is 11.3 Å². The van der Waals surface area contributed by atoms with Crippen LogP contribution in [0.4, 0.5) is 0 Å². The molecular weight excluding hydrogens is 276 g/mol. The quantitative estimate of drug-likeness (QED) is 0.641. The van der Waals surface area contributed by atoms with Gasteiger partial charge in [-0.25, -0.2) is 0 Å². The molecule has 106 valence electrons. The van der Waals surface area contributed by atoms with Crippen molar-refractivity contribution in [2.45, 2.75) is 30.7 Å². The first kappa shape index (κ1) is 14.6. The lowest BCUT2D eigenvalue weighted by Crippen LogP contribution is -2.52. The number of carbonyl (C=O) groups excluding carboxylic acids is 3. The Kier molecular flexibility index (Phi) is 4.79. The number of rotatable bonds is 4. The molecule has 6 heteroatoms. The van der Waals surface area contributed by atoms with Crippen LogP contribution in [-0.4, -0.2) is 29.5 Å². The van der Waals surface area contributed by atoms with Crippen molar-refractivity contribution >= 4 is 29.5 Å². The number of thioether (sulfide) groups is 1. The maximum absolute atomic E-state index is 11.8. The lowest BCUT2D eigenvalue weighted by molar-refractivity contribution is -0.136. The van der Waals surface area contributed by atoms with E-state index in [-0.39, 0.29) is 24.0 Å². The van der Waals surface area contributed by atoms with Crippen molar-refractivity contribution in [3.63, 3.8) is 0 Å². The third-order valence-corrected chi connectivity index (χ3v) is 3.98. The van der Waals surface area contributed by atoms with E-state index in [1.165, 1.54) is 17.3 Å². The molecule has 1 aromatic carbocycles. The summed E-state index contributed by atoms with van der Waals surface area (Å²) >= 11 is 1.42. The molecule has 0 spiro atoms. The van der Waals surface area contributed by atoms with E-state index in [9.17, 15) is 14.4 Å². The largest absolute Gasteiger partial charge is 0.344 e. The first-order valence-electron chi connectivity index (χ1n) is 6.37. The summed E-state index contributed by atoms with van der Waals surface area (Å²) in [4.78, 5) is 35.3. The highest BCUT2D eigenvalue weighted by molar-refractivity contribution is 8.00. The molecule has 0 bridgehead atoms. The number of piperidine rings is 1. The van der Waals surface area contributed by atoms with Gasteiger partial charge in [0.1, 0.15) is 6.04 Å². The molecule has 2 rings (SSSR count). The number of aryl methyl sites for hydroxylation is 1. The van der Waals surface area contributed by atoms with E-state index in [0.717, 1.165) is 4.90 Å². The fourth-order valence-electron chi connectivity index (χ4n) is 1.85. The molecule has 1 aliphatic heterocycles. The zero-order chi connectivity index (χ0) is 14.5. The smallest absolute Gasteiger partial charge is 0.249 e. The Hall–Kier alpha value is -1.82. The van der Waals surface area contributed by atoms with Gasteiger partial charge in [0.15, 0.2) is 0 Å². The van der Waals surface area contributed by atoms with Crippen LogP contribution < -0.4 is 10.6 Å². The predicted octanol–water partition coefficient (Wildman–Crippen LogP) is 1.01. The summed E-state index contributed by atoms with van der Waals surface area (Å²) in [6.45, 7) is 2.00. The van der Waals surface area contributed by atoms with Crippen LogP contribution in [0.3, 0.4) is 0 Å². The highest BCUT2D eigenvalue weighted by atomic mass is 32.2. The zero-order valence-electron chi connectivity index (χ0n) is 11.1. The molecule has 5 nitrogen and oxygen atoms in total. The van der Waals surface area contributed by atoms with E-state index >= 15 is 0 Å². The van der Waals surface area contributed by atoms with Crippen LogP contribution in [-0.2, 0) is 14.4 Å². The second-order valence-electron chi connectivity index (χ2n) is 4.67. The molecule has 3 amide bonds. The highest BCUT2D eigenvalue weighted by Gasteiger charge is 2.27. The van der Waals surface area contributed by atoms with Gasteiger partial charge in [-0.15, -0.1) is 11.8 Å². The zero-order valence-corrected chi connectivity index (χ0v) is 12.0. The topological polar surface area (TPSA) is 75.3 Å². The molecule has 1 atom stereocenters. The summed E-state index contributed by atoms with van der Waals surface area (Å²) in [7, 11) is 0. The van der Waals surface area contributed by atoms with Crippen LogP contribution in [0.25, 0.3) is 0 Å². The fraction of sp³-hybridized carbons (Fsp3) is 0.357. The minimum atomic E-state index is -0.598. The molecule has 0 saturated carbocycles. The number of hydrogen-bond acceptors (Lipinski definition) is 4. The molecule has 0 aromatic heterocycles. The average Bonchev–Trinajstić information content (AvgIpc) is 2.41. The Labute approximate surface area is 121 Å². The number of hydrogen-bond donors (Lipinski definition) is 2. The van der Waals surface area contributed by atoms with Crippen molar-refractivity contribution in [2.24, 2.45) is 0 Å². The third kappa shape index (κ3) is 4.09. The molecule has 1 heterocycles. The lowest BCUT2D eigenvalue weighted by atomic mass is 10.1. The maximum atomic E-state index is 11.8. The van der Waals surface area contributed by atoms with Crippen molar-refractivity contribution in [1.29, 1.82) is 0 Å². The average molecular weight is 292 g/mol. The number of nitrogens with one attached hydrogen (secondary N) is 2. The molecule has 20 heavy (non-hydrogen) atoms. The number of imide groups is 1. The van der Waals surface area contributed by atoms with Crippen LogP contribution in [0.5, 0.6) is 0 Å². The van der Waals surface area contributed by atoms with Crippen LogP contribution in [0.2, 0.25) is 0 Å². The normalized spacial score (nSPS) is 18.6. The van der Waals surface area contributed by atoms with E-state index in [1.54, 1.807) is 0 Å². The van der Waals surface area contributed by atoms with Gasteiger partial charge >= 0.3 is 0 Å². The second kappa shape index (κ2) is 6.56. The summed E-state index contributed by atoms with van der Waals surface area (Å²) in [5.74, 6) is -0.657. The summed E-state index contributed by atoms with van der Waals surface area (Å²) in [6, 6.07) is 7.29. The van der Waals surface area contributed by atoms with Gasteiger partial charge in [0.2, 0.25) is 17.7 Å². The summed E-state index contributed by atoms with van der Waals surface area (Å²) in [5, 5.41) is 4.86. The minimum Gasteiger partial charge on any atom is -0.344 e. The van der Waals surface area contributed by atoms with E-state index in [2.05, 4.69) is 10.6 Å². The Bertz CT molecular complexity index is 528. The van der Waals surface area contributed by atoms with Gasteiger partial charge in [0.25, 0.3) is 0 Å². The maximum Gasteiger partial charge on any atom is 0.249 e. The minimum absolute atomic E-state index is 0.204. The Morgan fingerprint density at radius 2 is 2.05 bits per heavy atom. The van der Waals surface area contributed by atoms with E-state index in [4.69, 9.17) is 0 Å². The number of carbonyl (C=O) groups is 3. The summed E-state index contributed by atoms with van der Waals surface area (Å²) in [6.07, 6.45) is 0.632. The van der Waals surface area contributed by atoms with Gasteiger partial charge in [-0.05, 0) is 25.5 Å². The first-order valence-corrected chi connectivity index (χ1v) is 7.35. The SMILES string of the molecule is Cc1ccc(SCC(=O)NC2CCC(=O)NC2=O)cc1. The van der Waals surface area contributed by atoms with Crippen LogP contribution in [0.15, 0.2) is 29.2 Å². The first-order chi connectivity index (χ1) is 9.54. The molecule has 1 saturated heterocycles. The summed E-state index contributed by atoms with van der Waals surface area (Å²) in [5.41, 5.74) is 1.17. The molecule has 1 unspecified atom stereocenters. The molecule has 1 fully saturated rings. The highest BCUT2D eigenvalue weighted by Crippen LogP contribution is 2.18. The van der Waals surface area contributed by atoms with Crippen LogP contribution >= 0.6 is 11.8 Å². The Morgan fingerprint density at radius 1 is 1.35 bits per heavy atom. The van der Waals surface area contributed by atoms with Gasteiger partial charge in [-0.1, -0.05) is 17.7 Å². The molecule has 0 aliphatic carbocycles. The predicted molar refractivity (Wildman–Crippen MR) is 76.2 cm³/mol. The van der Waals surface area contributed by atoms with Gasteiger partial charge in [-0.2, -0.15) is 0 Å². The fourth-order valence-corrected chi connectivity index (χ4v) is 2.56. The monoisotopic (exact) mass is 292 g/mol. The second-order valence-corrected chi connectivity index (χ2v) is 5.72. The van der Waals surface area contributed by atoms with Crippen molar-refractivity contribution in [3.8, 4) is 0 Å².